The van der Waals surface area contributed by atoms with Crippen molar-refractivity contribution in [2.24, 2.45) is 0 Å². The molecule has 0 amide bonds. The summed E-state index contributed by atoms with van der Waals surface area (Å²) < 4.78 is 22.7. The fourth-order valence-corrected chi connectivity index (χ4v) is 4.68. The fraction of sp³-hybridized carbons (Fsp3) is 0.520. The molecule has 2 fully saturated rings. The van der Waals surface area contributed by atoms with Crippen LogP contribution in [0.3, 0.4) is 0 Å². The molecule has 2 aliphatic rings. The topological polar surface area (TPSA) is 118 Å². The van der Waals surface area contributed by atoms with E-state index in [0.29, 0.717) is 30.2 Å². The van der Waals surface area contributed by atoms with Gasteiger partial charge in [0.1, 0.15) is 35.8 Å². The van der Waals surface area contributed by atoms with Crippen molar-refractivity contribution in [1.29, 1.82) is 0 Å². The van der Waals surface area contributed by atoms with Crippen LogP contribution < -0.4 is 4.74 Å². The molecule has 2 aromatic carbocycles. The quantitative estimate of drug-likeness (QED) is 0.460. The molecule has 2 unspecified atom stereocenters. The lowest BCUT2D eigenvalue weighted by molar-refractivity contribution is -0.385. The first kappa shape index (κ1) is 25.3. The predicted octanol–water partition coefficient (Wildman–Crippen LogP) is 1.76. The van der Waals surface area contributed by atoms with Gasteiger partial charge in [-0.1, -0.05) is 29.8 Å². The number of aliphatic hydroxyl groups is 4. The minimum atomic E-state index is -1.88. The van der Waals surface area contributed by atoms with Crippen molar-refractivity contribution in [2.75, 3.05) is 26.9 Å². The molecule has 186 valence electrons. The van der Waals surface area contributed by atoms with E-state index in [1.807, 2.05) is 24.3 Å². The Labute approximate surface area is 203 Å². The van der Waals surface area contributed by atoms with Gasteiger partial charge in [-0.05, 0) is 48.7 Å². The van der Waals surface area contributed by atoms with Crippen LogP contribution in [0.25, 0.3) is 0 Å². The van der Waals surface area contributed by atoms with Crippen LogP contribution in [-0.2, 0) is 26.4 Å². The Bertz CT molecular complexity index is 971. The molecular weight excluding hydrogens is 464 g/mol. The molecule has 8 nitrogen and oxygen atoms in total. The van der Waals surface area contributed by atoms with Crippen molar-refractivity contribution in [3.05, 3.63) is 64.2 Å². The second kappa shape index (κ2) is 10.1. The SMILES string of the molecule is COC1(c2ccc(Cl)c(Cc3ccc(O[C@@H]4CCOC4)cc3)c2)O[C@H](CO)C(C)(O)[C@H](O)[C@H]1O. The Morgan fingerprint density at radius 3 is 2.47 bits per heavy atom. The van der Waals surface area contributed by atoms with E-state index in [4.69, 9.17) is 30.5 Å². The van der Waals surface area contributed by atoms with Crippen molar-refractivity contribution in [3.63, 3.8) is 0 Å². The van der Waals surface area contributed by atoms with Crippen LogP contribution in [0.4, 0.5) is 0 Å². The highest BCUT2D eigenvalue weighted by molar-refractivity contribution is 6.31. The third kappa shape index (κ3) is 4.69. The van der Waals surface area contributed by atoms with Gasteiger partial charge >= 0.3 is 0 Å². The van der Waals surface area contributed by atoms with E-state index in [1.165, 1.54) is 14.0 Å². The van der Waals surface area contributed by atoms with Gasteiger partial charge in [-0.25, -0.2) is 0 Å². The summed E-state index contributed by atoms with van der Waals surface area (Å²) in [6.45, 7) is 2.03. The number of aliphatic hydroxyl groups excluding tert-OH is 3. The van der Waals surface area contributed by atoms with Gasteiger partial charge in [0, 0.05) is 24.1 Å². The number of rotatable bonds is 7. The molecule has 0 bridgehead atoms. The third-order valence-corrected chi connectivity index (χ3v) is 7.05. The van der Waals surface area contributed by atoms with Gasteiger partial charge in [0.05, 0.1) is 19.8 Å². The second-order valence-electron chi connectivity index (χ2n) is 9.01. The van der Waals surface area contributed by atoms with Crippen LogP contribution in [-0.4, -0.2) is 77.4 Å². The van der Waals surface area contributed by atoms with E-state index >= 15 is 0 Å². The molecule has 2 saturated heterocycles. The lowest BCUT2D eigenvalue weighted by Crippen LogP contribution is -2.69. The number of hydrogen-bond donors (Lipinski definition) is 4. The van der Waals surface area contributed by atoms with Gasteiger partial charge in [-0.2, -0.15) is 0 Å². The molecule has 6 atom stereocenters. The van der Waals surface area contributed by atoms with Crippen molar-refractivity contribution in [2.45, 2.75) is 55.6 Å². The molecule has 9 heteroatoms. The highest BCUT2D eigenvalue weighted by Gasteiger charge is 2.60. The summed E-state index contributed by atoms with van der Waals surface area (Å²) >= 11 is 6.47. The van der Waals surface area contributed by atoms with Gasteiger partial charge in [0.15, 0.2) is 0 Å². The lowest BCUT2D eigenvalue weighted by atomic mass is 9.80. The molecule has 2 heterocycles. The maximum absolute atomic E-state index is 10.9. The molecule has 4 N–H and O–H groups in total. The molecule has 0 saturated carbocycles. The molecule has 0 aliphatic carbocycles. The summed E-state index contributed by atoms with van der Waals surface area (Å²) in [6, 6.07) is 12.7. The third-order valence-electron chi connectivity index (χ3n) is 6.68. The number of halogens is 1. The predicted molar refractivity (Wildman–Crippen MR) is 124 cm³/mol. The van der Waals surface area contributed by atoms with Crippen LogP contribution in [0.1, 0.15) is 30.0 Å². The molecule has 2 aliphatic heterocycles. The minimum Gasteiger partial charge on any atom is -0.488 e. The van der Waals surface area contributed by atoms with E-state index in [0.717, 1.165) is 23.3 Å². The Hall–Kier alpha value is -1.75. The van der Waals surface area contributed by atoms with E-state index in [9.17, 15) is 20.4 Å². The fourth-order valence-electron chi connectivity index (χ4n) is 4.50. The zero-order valence-electron chi connectivity index (χ0n) is 19.2. The van der Waals surface area contributed by atoms with Gasteiger partial charge < -0.3 is 39.4 Å². The molecule has 4 rings (SSSR count). The molecule has 0 aromatic heterocycles. The van der Waals surface area contributed by atoms with Gasteiger partial charge in [0.25, 0.3) is 0 Å². The molecule has 0 radical (unpaired) electrons. The Morgan fingerprint density at radius 2 is 1.85 bits per heavy atom. The maximum Gasteiger partial charge on any atom is 0.224 e. The lowest BCUT2D eigenvalue weighted by Gasteiger charge is -2.52. The smallest absolute Gasteiger partial charge is 0.224 e. The highest BCUT2D eigenvalue weighted by atomic mass is 35.5. The number of hydrogen-bond acceptors (Lipinski definition) is 8. The Kier molecular flexibility index (Phi) is 7.52. The van der Waals surface area contributed by atoms with E-state index < -0.39 is 36.3 Å². The average molecular weight is 495 g/mol. The number of ether oxygens (including phenoxy) is 4. The number of benzene rings is 2. The Morgan fingerprint density at radius 1 is 1.12 bits per heavy atom. The summed E-state index contributed by atoms with van der Waals surface area (Å²) in [5.41, 5.74) is 0.259. The Balaban J connectivity index is 1.58. The van der Waals surface area contributed by atoms with Crippen LogP contribution in [0, 0.1) is 0 Å². The first-order chi connectivity index (χ1) is 16.2. The minimum absolute atomic E-state index is 0.0722. The van der Waals surface area contributed by atoms with E-state index in [2.05, 4.69) is 0 Å². The van der Waals surface area contributed by atoms with Crippen molar-refractivity contribution >= 4 is 11.6 Å². The van der Waals surface area contributed by atoms with E-state index in [1.54, 1.807) is 18.2 Å². The second-order valence-corrected chi connectivity index (χ2v) is 9.41. The zero-order chi connectivity index (χ0) is 24.5. The average Bonchev–Trinajstić information content (AvgIpc) is 3.34. The summed E-state index contributed by atoms with van der Waals surface area (Å²) in [6.07, 6.45) is -3.01. The summed E-state index contributed by atoms with van der Waals surface area (Å²) in [4.78, 5) is 0. The van der Waals surface area contributed by atoms with Crippen LogP contribution in [0.2, 0.25) is 5.02 Å². The van der Waals surface area contributed by atoms with Crippen molar-refractivity contribution < 1.29 is 39.4 Å². The standard InChI is InChI=1S/C25H31ClO8/c1-24(30)21(13-27)34-25(31-2,23(29)22(24)28)17-5-8-20(26)16(12-17)11-15-3-6-18(7-4-15)33-19-9-10-32-14-19/h3-8,12,19,21-23,27-30H,9-11,13-14H2,1-2H3/t19-,21-,22-,23-,24?,25?/m1/s1. The van der Waals surface area contributed by atoms with Crippen molar-refractivity contribution in [3.8, 4) is 5.75 Å². The van der Waals surface area contributed by atoms with Gasteiger partial charge in [0.2, 0.25) is 5.79 Å². The normalized spacial score (nSPS) is 33.7. The van der Waals surface area contributed by atoms with Crippen LogP contribution >= 0.6 is 11.6 Å². The number of methoxy groups -OCH3 is 1. The van der Waals surface area contributed by atoms with Crippen molar-refractivity contribution in [1.82, 2.24) is 0 Å². The largest absolute Gasteiger partial charge is 0.488 e. The van der Waals surface area contributed by atoms with E-state index in [-0.39, 0.29) is 6.10 Å². The molecule has 2 aromatic rings. The summed E-state index contributed by atoms with van der Waals surface area (Å²) in [5, 5.41) is 42.3. The first-order valence-corrected chi connectivity index (χ1v) is 11.6. The summed E-state index contributed by atoms with van der Waals surface area (Å²) in [7, 11) is 1.33. The highest BCUT2D eigenvalue weighted by Crippen LogP contribution is 2.43. The molecular formula is C25H31ClO8. The first-order valence-electron chi connectivity index (χ1n) is 11.3. The zero-order valence-corrected chi connectivity index (χ0v) is 19.9. The molecule has 34 heavy (non-hydrogen) atoms. The van der Waals surface area contributed by atoms with Crippen LogP contribution in [0.15, 0.2) is 42.5 Å². The monoisotopic (exact) mass is 494 g/mol. The molecule has 0 spiro atoms. The van der Waals surface area contributed by atoms with Crippen LogP contribution in [0.5, 0.6) is 5.75 Å². The maximum atomic E-state index is 10.9. The summed E-state index contributed by atoms with van der Waals surface area (Å²) in [5.74, 6) is -1.04. The van der Waals surface area contributed by atoms with Gasteiger partial charge in [-0.15, -0.1) is 0 Å². The van der Waals surface area contributed by atoms with Gasteiger partial charge in [-0.3, -0.25) is 0 Å².